The van der Waals surface area contributed by atoms with Crippen molar-refractivity contribution in [3.63, 3.8) is 0 Å². The third kappa shape index (κ3) is 1.95. The van der Waals surface area contributed by atoms with Crippen molar-refractivity contribution in [1.82, 2.24) is 10.2 Å². The molecule has 0 saturated carbocycles. The first-order valence-corrected chi connectivity index (χ1v) is 3.41. The molecule has 0 bridgehead atoms. The molecule has 0 saturated heterocycles. The topological polar surface area (TPSA) is 70.2 Å². The van der Waals surface area contributed by atoms with E-state index >= 15 is 0 Å². The van der Waals surface area contributed by atoms with Gasteiger partial charge in [-0.05, 0) is 0 Å². The smallest absolute Gasteiger partial charge is 0.399 e. The third-order valence-corrected chi connectivity index (χ3v) is 1.39. The highest BCUT2D eigenvalue weighted by atomic mass is 19.4. The lowest BCUT2D eigenvalue weighted by molar-refractivity contribution is -0.141. The maximum absolute atomic E-state index is 12.2. The molecule has 1 aromatic heterocycles. The molecule has 2 N–H and O–H groups in total. The predicted molar refractivity (Wildman–Crippen MR) is 41.0 cm³/mol. The molecule has 0 aromatic carbocycles. The molecule has 1 heterocycles. The van der Waals surface area contributed by atoms with Gasteiger partial charge in [-0.15, -0.1) is 0 Å². The van der Waals surface area contributed by atoms with Crippen molar-refractivity contribution in [2.45, 2.75) is 6.18 Å². The summed E-state index contributed by atoms with van der Waals surface area (Å²) in [6.45, 7) is 0. The number of alkyl halides is 3. The van der Waals surface area contributed by atoms with Gasteiger partial charge in [-0.25, -0.2) is 0 Å². The van der Waals surface area contributed by atoms with Gasteiger partial charge in [0.05, 0.1) is 11.8 Å². The number of aromatic nitrogens is 2. The Balaban J connectivity index is 3.20. The molecule has 14 heavy (non-hydrogen) atoms. The molecule has 8 heteroatoms. The van der Waals surface area contributed by atoms with Crippen LogP contribution in [0.4, 0.5) is 13.2 Å². The summed E-state index contributed by atoms with van der Waals surface area (Å²) in [5.41, 5.74) is -2.69. The van der Waals surface area contributed by atoms with Crippen LogP contribution in [0.1, 0.15) is 11.3 Å². The van der Waals surface area contributed by atoms with Crippen molar-refractivity contribution in [3.8, 4) is 0 Å². The Morgan fingerprint density at radius 1 is 1.43 bits per heavy atom. The Morgan fingerprint density at radius 2 is 2.07 bits per heavy atom. The summed E-state index contributed by atoms with van der Waals surface area (Å²) >= 11 is 0. The summed E-state index contributed by atoms with van der Waals surface area (Å²) in [4.78, 5) is 15.0. The Kier molecular flexibility index (Phi) is 2.63. The van der Waals surface area contributed by atoms with Gasteiger partial charge in [-0.3, -0.25) is 15.0 Å². The SMILES string of the molecule is CON=Cc1c(C(F)(F)F)[nH][nH]c1=O. The van der Waals surface area contributed by atoms with Gasteiger partial charge < -0.3 is 4.84 Å². The molecule has 0 atom stereocenters. The van der Waals surface area contributed by atoms with Crippen LogP contribution in [0, 0.1) is 0 Å². The average Bonchev–Trinajstić information content (AvgIpc) is 2.42. The second-order valence-electron chi connectivity index (χ2n) is 2.28. The van der Waals surface area contributed by atoms with Crippen molar-refractivity contribution >= 4 is 6.21 Å². The number of H-pyrrole nitrogens is 2. The first-order chi connectivity index (χ1) is 6.46. The zero-order chi connectivity index (χ0) is 10.8. The number of nitrogens with one attached hydrogen (secondary N) is 2. The lowest BCUT2D eigenvalue weighted by Gasteiger charge is -2.02. The van der Waals surface area contributed by atoms with Gasteiger partial charge in [0, 0.05) is 0 Å². The van der Waals surface area contributed by atoms with E-state index in [1.807, 2.05) is 0 Å². The lowest BCUT2D eigenvalue weighted by Crippen LogP contribution is -2.12. The third-order valence-electron chi connectivity index (χ3n) is 1.39. The zero-order valence-electron chi connectivity index (χ0n) is 6.97. The quantitative estimate of drug-likeness (QED) is 0.556. The van der Waals surface area contributed by atoms with Gasteiger partial charge in [0.25, 0.3) is 5.56 Å². The zero-order valence-corrected chi connectivity index (χ0v) is 6.97. The van der Waals surface area contributed by atoms with E-state index in [0.29, 0.717) is 6.21 Å². The minimum atomic E-state index is -4.63. The van der Waals surface area contributed by atoms with E-state index in [-0.39, 0.29) is 0 Å². The highest BCUT2D eigenvalue weighted by Crippen LogP contribution is 2.27. The fraction of sp³-hybridized carbons (Fsp3) is 0.333. The van der Waals surface area contributed by atoms with E-state index in [9.17, 15) is 18.0 Å². The second-order valence-corrected chi connectivity index (χ2v) is 2.28. The molecular weight excluding hydrogens is 203 g/mol. The molecule has 0 fully saturated rings. The minimum absolute atomic E-state index is 0.612. The molecule has 1 rings (SSSR count). The summed E-state index contributed by atoms with van der Waals surface area (Å²) in [5, 5.41) is 6.60. The largest absolute Gasteiger partial charge is 0.433 e. The van der Waals surface area contributed by atoms with Crippen molar-refractivity contribution in [1.29, 1.82) is 0 Å². The summed E-state index contributed by atoms with van der Waals surface area (Å²) in [6, 6.07) is 0. The highest BCUT2D eigenvalue weighted by Gasteiger charge is 2.36. The number of nitrogens with zero attached hydrogens (tertiary/aromatic N) is 1. The van der Waals surface area contributed by atoms with Crippen LogP contribution in [0.5, 0.6) is 0 Å². The minimum Gasteiger partial charge on any atom is -0.399 e. The van der Waals surface area contributed by atoms with Crippen LogP contribution in [0.15, 0.2) is 9.95 Å². The van der Waals surface area contributed by atoms with E-state index in [2.05, 4.69) is 9.99 Å². The maximum Gasteiger partial charge on any atom is 0.433 e. The van der Waals surface area contributed by atoms with Gasteiger partial charge in [0.1, 0.15) is 7.11 Å². The number of hydrogen-bond acceptors (Lipinski definition) is 3. The van der Waals surface area contributed by atoms with E-state index in [1.165, 1.54) is 0 Å². The summed E-state index contributed by atoms with van der Waals surface area (Å²) in [6.07, 6.45) is -3.94. The molecule has 0 aliphatic carbocycles. The van der Waals surface area contributed by atoms with E-state index in [1.54, 1.807) is 10.2 Å². The van der Waals surface area contributed by atoms with Crippen LogP contribution in [0.25, 0.3) is 0 Å². The summed E-state index contributed by atoms with van der Waals surface area (Å²) < 4.78 is 36.6. The Bertz CT molecular complexity index is 390. The number of oxime groups is 1. The van der Waals surface area contributed by atoms with Crippen molar-refractivity contribution in [3.05, 3.63) is 21.6 Å². The van der Waals surface area contributed by atoms with Gasteiger partial charge in [-0.1, -0.05) is 5.16 Å². The number of hydrogen-bond donors (Lipinski definition) is 2. The fourth-order valence-electron chi connectivity index (χ4n) is 0.820. The molecule has 78 valence electrons. The van der Waals surface area contributed by atoms with Crippen LogP contribution in [0.2, 0.25) is 0 Å². The Hall–Kier alpha value is -1.73. The molecule has 0 aliphatic heterocycles. The lowest BCUT2D eigenvalue weighted by atomic mass is 10.2. The maximum atomic E-state index is 12.2. The molecule has 0 amide bonds. The fourth-order valence-corrected chi connectivity index (χ4v) is 0.820. The predicted octanol–water partition coefficient (Wildman–Crippen LogP) is 0.702. The molecule has 0 unspecified atom stereocenters. The molecule has 5 nitrogen and oxygen atoms in total. The van der Waals surface area contributed by atoms with Gasteiger partial charge >= 0.3 is 6.18 Å². The molecule has 1 aromatic rings. The van der Waals surface area contributed by atoms with Crippen LogP contribution >= 0.6 is 0 Å². The van der Waals surface area contributed by atoms with Crippen molar-refractivity contribution in [2.75, 3.05) is 7.11 Å². The van der Waals surface area contributed by atoms with Crippen molar-refractivity contribution in [2.24, 2.45) is 5.16 Å². The van der Waals surface area contributed by atoms with E-state index in [4.69, 9.17) is 0 Å². The highest BCUT2D eigenvalue weighted by molar-refractivity contribution is 5.80. The van der Waals surface area contributed by atoms with Crippen LogP contribution in [0.3, 0.4) is 0 Å². The summed E-state index contributed by atoms with van der Waals surface area (Å²) in [7, 11) is 1.16. The first kappa shape index (κ1) is 10.4. The van der Waals surface area contributed by atoms with E-state index < -0.39 is 23.0 Å². The molecule has 0 radical (unpaired) electrons. The molecule has 0 aliphatic rings. The average molecular weight is 209 g/mol. The summed E-state index contributed by atoms with van der Waals surface area (Å²) in [5.74, 6) is 0. The standard InChI is InChI=1S/C6H6F3N3O2/c1-14-10-2-3-4(6(7,8)9)11-12-5(3)13/h2H,1H3,(H2,11,12,13). The van der Waals surface area contributed by atoms with Gasteiger partial charge in [0.2, 0.25) is 0 Å². The monoisotopic (exact) mass is 209 g/mol. The Morgan fingerprint density at radius 3 is 2.57 bits per heavy atom. The normalized spacial score (nSPS) is 12.3. The van der Waals surface area contributed by atoms with E-state index in [0.717, 1.165) is 7.11 Å². The number of halogens is 3. The first-order valence-electron chi connectivity index (χ1n) is 3.41. The van der Waals surface area contributed by atoms with Gasteiger partial charge in [-0.2, -0.15) is 13.2 Å². The van der Waals surface area contributed by atoms with Crippen molar-refractivity contribution < 1.29 is 18.0 Å². The Labute approximate surface area is 75.5 Å². The number of aromatic amines is 2. The van der Waals surface area contributed by atoms with Crippen LogP contribution < -0.4 is 5.56 Å². The number of rotatable bonds is 2. The molecule has 0 spiro atoms. The van der Waals surface area contributed by atoms with Crippen LogP contribution in [-0.4, -0.2) is 23.5 Å². The molecular formula is C6H6F3N3O2. The van der Waals surface area contributed by atoms with Crippen LogP contribution in [-0.2, 0) is 11.0 Å². The second kappa shape index (κ2) is 3.56. The van der Waals surface area contributed by atoms with Gasteiger partial charge in [0.15, 0.2) is 5.69 Å².